The van der Waals surface area contributed by atoms with E-state index in [1.54, 1.807) is 0 Å². The van der Waals surface area contributed by atoms with E-state index >= 15 is 0 Å². The third-order valence-electron chi connectivity index (χ3n) is 3.36. The highest BCUT2D eigenvalue weighted by molar-refractivity contribution is 5.93. The topological polar surface area (TPSA) is 71.3 Å². The van der Waals surface area contributed by atoms with Gasteiger partial charge in [0, 0.05) is 12.1 Å². The molecule has 0 saturated carbocycles. The molecule has 1 aliphatic rings. The molecule has 0 bridgehead atoms. The van der Waals surface area contributed by atoms with Crippen molar-refractivity contribution in [3.63, 3.8) is 0 Å². The molecule has 2 rings (SSSR count). The molecule has 5 nitrogen and oxygen atoms in total. The van der Waals surface area contributed by atoms with Crippen molar-refractivity contribution in [2.24, 2.45) is 5.92 Å². The summed E-state index contributed by atoms with van der Waals surface area (Å²) in [5.41, 5.74) is -0.0682. The SMILES string of the molecule is CC(NC(=O)c1ccc(=O)oc1)C1CCCNC1. The van der Waals surface area contributed by atoms with Gasteiger partial charge in [-0.15, -0.1) is 0 Å². The van der Waals surface area contributed by atoms with Gasteiger partial charge in [0.2, 0.25) is 0 Å². The highest BCUT2D eigenvalue weighted by Gasteiger charge is 2.21. The van der Waals surface area contributed by atoms with E-state index in [2.05, 4.69) is 15.1 Å². The minimum absolute atomic E-state index is 0.109. The quantitative estimate of drug-likeness (QED) is 0.830. The van der Waals surface area contributed by atoms with Crippen molar-refractivity contribution in [3.05, 3.63) is 34.4 Å². The van der Waals surface area contributed by atoms with E-state index in [9.17, 15) is 9.59 Å². The Morgan fingerprint density at radius 3 is 3.00 bits per heavy atom. The van der Waals surface area contributed by atoms with Gasteiger partial charge in [0.15, 0.2) is 0 Å². The molecule has 1 fully saturated rings. The summed E-state index contributed by atoms with van der Waals surface area (Å²) in [7, 11) is 0. The van der Waals surface area contributed by atoms with Crippen molar-refractivity contribution in [1.29, 1.82) is 0 Å². The lowest BCUT2D eigenvalue weighted by atomic mass is 9.92. The molecule has 0 aliphatic carbocycles. The lowest BCUT2D eigenvalue weighted by molar-refractivity contribution is 0.0919. The molecule has 1 aromatic rings. The number of hydrogen-bond donors (Lipinski definition) is 2. The number of carbonyl (C=O) groups excluding carboxylic acids is 1. The summed E-state index contributed by atoms with van der Waals surface area (Å²) >= 11 is 0. The Kier molecular flexibility index (Phi) is 4.15. The van der Waals surface area contributed by atoms with Gasteiger partial charge in [-0.3, -0.25) is 4.79 Å². The second kappa shape index (κ2) is 5.82. The fraction of sp³-hybridized carbons (Fsp3) is 0.538. The molecule has 1 aromatic heterocycles. The van der Waals surface area contributed by atoms with E-state index in [1.165, 1.54) is 18.4 Å². The molecule has 2 heterocycles. The average molecular weight is 250 g/mol. The fourth-order valence-electron chi connectivity index (χ4n) is 2.20. The Balaban J connectivity index is 1.93. The Labute approximate surface area is 106 Å². The number of nitrogens with one attached hydrogen (secondary N) is 2. The molecule has 2 atom stereocenters. The number of hydrogen-bond acceptors (Lipinski definition) is 4. The molecule has 2 N–H and O–H groups in total. The minimum Gasteiger partial charge on any atom is -0.430 e. The Morgan fingerprint density at radius 2 is 2.39 bits per heavy atom. The Morgan fingerprint density at radius 1 is 1.56 bits per heavy atom. The predicted molar refractivity (Wildman–Crippen MR) is 67.5 cm³/mol. The molecular weight excluding hydrogens is 232 g/mol. The van der Waals surface area contributed by atoms with Gasteiger partial charge in [-0.2, -0.15) is 0 Å². The maximum atomic E-state index is 11.9. The van der Waals surface area contributed by atoms with Crippen molar-refractivity contribution >= 4 is 5.91 Å². The van der Waals surface area contributed by atoms with Crippen molar-refractivity contribution in [1.82, 2.24) is 10.6 Å². The van der Waals surface area contributed by atoms with E-state index in [-0.39, 0.29) is 11.9 Å². The van der Waals surface area contributed by atoms with Gasteiger partial charge in [-0.1, -0.05) is 0 Å². The first-order valence-corrected chi connectivity index (χ1v) is 6.27. The van der Waals surface area contributed by atoms with Crippen LogP contribution in [0.3, 0.4) is 0 Å². The van der Waals surface area contributed by atoms with Crippen LogP contribution in [-0.2, 0) is 0 Å². The summed E-state index contributed by atoms with van der Waals surface area (Å²) in [5, 5.41) is 6.27. The van der Waals surface area contributed by atoms with Crippen molar-refractivity contribution in [3.8, 4) is 0 Å². The molecule has 0 aromatic carbocycles. The minimum atomic E-state index is -0.448. The number of piperidine rings is 1. The van der Waals surface area contributed by atoms with Gasteiger partial charge >= 0.3 is 5.63 Å². The second-order valence-electron chi connectivity index (χ2n) is 4.71. The van der Waals surface area contributed by atoms with Crippen LogP contribution in [-0.4, -0.2) is 25.0 Å². The van der Waals surface area contributed by atoms with E-state index in [4.69, 9.17) is 0 Å². The first-order chi connectivity index (χ1) is 8.66. The summed E-state index contributed by atoms with van der Waals surface area (Å²) in [6, 6.07) is 2.84. The predicted octanol–water partition coefficient (Wildman–Crippen LogP) is 0.758. The van der Waals surface area contributed by atoms with Gasteiger partial charge < -0.3 is 15.1 Å². The third-order valence-corrected chi connectivity index (χ3v) is 3.36. The molecule has 1 amide bonds. The first-order valence-electron chi connectivity index (χ1n) is 6.27. The van der Waals surface area contributed by atoms with Crippen LogP contribution in [0.4, 0.5) is 0 Å². The molecule has 1 saturated heterocycles. The standard InChI is InChI=1S/C13H18N2O3/c1-9(10-3-2-6-14-7-10)15-13(17)11-4-5-12(16)18-8-11/h4-5,8-10,14H,2-3,6-7H2,1H3,(H,15,17). The van der Waals surface area contributed by atoms with Gasteiger partial charge in [0.05, 0.1) is 5.56 Å². The largest absolute Gasteiger partial charge is 0.430 e. The smallest absolute Gasteiger partial charge is 0.335 e. The molecule has 18 heavy (non-hydrogen) atoms. The maximum absolute atomic E-state index is 11.9. The van der Waals surface area contributed by atoms with Crippen LogP contribution >= 0.6 is 0 Å². The van der Waals surface area contributed by atoms with E-state index < -0.39 is 5.63 Å². The summed E-state index contributed by atoms with van der Waals surface area (Å²) in [5.74, 6) is 0.259. The van der Waals surface area contributed by atoms with Crippen LogP contribution < -0.4 is 16.3 Å². The molecular formula is C13H18N2O3. The van der Waals surface area contributed by atoms with E-state index in [0.29, 0.717) is 11.5 Å². The molecule has 2 unspecified atom stereocenters. The van der Waals surface area contributed by atoms with Gasteiger partial charge in [-0.25, -0.2) is 4.79 Å². The normalized spacial score (nSPS) is 21.3. The average Bonchev–Trinajstić information content (AvgIpc) is 2.40. The fourth-order valence-corrected chi connectivity index (χ4v) is 2.20. The molecule has 5 heteroatoms. The van der Waals surface area contributed by atoms with Gasteiger partial charge in [0.1, 0.15) is 6.26 Å². The highest BCUT2D eigenvalue weighted by Crippen LogP contribution is 2.14. The maximum Gasteiger partial charge on any atom is 0.335 e. The lowest BCUT2D eigenvalue weighted by Crippen LogP contribution is -2.44. The Bertz CT molecular complexity index is 443. The summed E-state index contributed by atoms with van der Waals surface area (Å²) < 4.78 is 4.68. The molecule has 1 aliphatic heterocycles. The van der Waals surface area contributed by atoms with Gasteiger partial charge in [0.25, 0.3) is 5.91 Å². The van der Waals surface area contributed by atoms with Crippen LogP contribution in [0.15, 0.2) is 27.6 Å². The van der Waals surface area contributed by atoms with Crippen molar-refractivity contribution in [2.45, 2.75) is 25.8 Å². The zero-order valence-electron chi connectivity index (χ0n) is 10.4. The van der Waals surface area contributed by atoms with Crippen molar-refractivity contribution < 1.29 is 9.21 Å². The van der Waals surface area contributed by atoms with E-state index in [0.717, 1.165) is 25.9 Å². The van der Waals surface area contributed by atoms with Gasteiger partial charge in [-0.05, 0) is 44.8 Å². The molecule has 98 valence electrons. The van der Waals surface area contributed by atoms with E-state index in [1.807, 2.05) is 6.92 Å². The lowest BCUT2D eigenvalue weighted by Gasteiger charge is -2.28. The summed E-state index contributed by atoms with van der Waals surface area (Å²) in [6.45, 7) is 4.00. The second-order valence-corrected chi connectivity index (χ2v) is 4.71. The number of rotatable bonds is 3. The van der Waals surface area contributed by atoms with Crippen LogP contribution in [0.2, 0.25) is 0 Å². The van der Waals surface area contributed by atoms with Crippen LogP contribution in [0.5, 0.6) is 0 Å². The number of amides is 1. The zero-order valence-corrected chi connectivity index (χ0v) is 10.4. The van der Waals surface area contributed by atoms with Crippen LogP contribution in [0.1, 0.15) is 30.1 Å². The number of carbonyl (C=O) groups is 1. The molecule has 0 radical (unpaired) electrons. The summed E-state index contributed by atoms with van der Waals surface area (Å²) in [6.07, 6.45) is 3.47. The van der Waals surface area contributed by atoms with Crippen LogP contribution in [0, 0.1) is 5.92 Å². The zero-order chi connectivity index (χ0) is 13.0. The first kappa shape index (κ1) is 12.8. The monoisotopic (exact) mass is 250 g/mol. The Hall–Kier alpha value is -1.62. The van der Waals surface area contributed by atoms with Crippen LogP contribution in [0.25, 0.3) is 0 Å². The van der Waals surface area contributed by atoms with Crippen molar-refractivity contribution in [2.75, 3.05) is 13.1 Å². The molecule has 0 spiro atoms. The summed E-state index contributed by atoms with van der Waals surface area (Å²) in [4.78, 5) is 22.7. The highest BCUT2D eigenvalue weighted by atomic mass is 16.4. The third kappa shape index (κ3) is 3.20.